The molecule has 0 saturated carbocycles. The van der Waals surface area contributed by atoms with Crippen LogP contribution in [0.25, 0.3) is 0 Å². The van der Waals surface area contributed by atoms with E-state index in [4.69, 9.17) is 4.42 Å². The van der Waals surface area contributed by atoms with Gasteiger partial charge in [0.1, 0.15) is 17.0 Å². The summed E-state index contributed by atoms with van der Waals surface area (Å²) < 4.78 is 5.08. The van der Waals surface area contributed by atoms with E-state index in [2.05, 4.69) is 10.6 Å². The lowest BCUT2D eigenvalue weighted by molar-refractivity contribution is -0.384. The van der Waals surface area contributed by atoms with Gasteiger partial charge in [-0.05, 0) is 24.3 Å². The third-order valence-electron chi connectivity index (χ3n) is 2.74. The molecule has 0 fully saturated rings. The highest BCUT2D eigenvalue weighted by molar-refractivity contribution is 6.00. The van der Waals surface area contributed by atoms with Crippen molar-refractivity contribution < 1.29 is 14.1 Å². The molecule has 0 aliphatic heterocycles. The predicted octanol–water partition coefficient (Wildman–Crippen LogP) is 2.16. The molecule has 1 aromatic heterocycles. The van der Waals surface area contributed by atoms with Crippen LogP contribution in [0.3, 0.4) is 0 Å². The summed E-state index contributed by atoms with van der Waals surface area (Å²) in [5, 5.41) is 16.4. The Balaban J connectivity index is 2.23. The van der Waals surface area contributed by atoms with Crippen molar-refractivity contribution in [1.82, 2.24) is 5.32 Å². The van der Waals surface area contributed by atoms with Gasteiger partial charge in [0.2, 0.25) is 0 Å². The number of amides is 1. The summed E-state index contributed by atoms with van der Waals surface area (Å²) in [7, 11) is 1.56. The Bertz CT molecular complexity index is 623. The standard InChI is InChI=1S/C13H13N3O4/c1-14-11-6-2-5-10(12(11)16(18)19)13(17)15-8-9-4-3-7-20-9/h2-7,14H,8H2,1H3,(H,15,17). The van der Waals surface area contributed by atoms with E-state index in [1.165, 1.54) is 12.3 Å². The smallest absolute Gasteiger partial charge is 0.305 e. The average molecular weight is 275 g/mol. The van der Waals surface area contributed by atoms with E-state index >= 15 is 0 Å². The van der Waals surface area contributed by atoms with Gasteiger partial charge in [-0.25, -0.2) is 0 Å². The highest BCUT2D eigenvalue weighted by atomic mass is 16.6. The first-order valence-corrected chi connectivity index (χ1v) is 5.89. The fourth-order valence-corrected chi connectivity index (χ4v) is 1.80. The lowest BCUT2D eigenvalue weighted by Crippen LogP contribution is -2.23. The predicted molar refractivity (Wildman–Crippen MR) is 72.5 cm³/mol. The van der Waals surface area contributed by atoms with Crippen LogP contribution in [-0.4, -0.2) is 17.9 Å². The second-order valence-corrected chi connectivity index (χ2v) is 3.97. The third-order valence-corrected chi connectivity index (χ3v) is 2.74. The molecule has 0 atom stereocenters. The Kier molecular flexibility index (Phi) is 3.99. The van der Waals surface area contributed by atoms with Crippen molar-refractivity contribution in [3.05, 3.63) is 58.0 Å². The van der Waals surface area contributed by atoms with Crippen molar-refractivity contribution in [2.45, 2.75) is 6.54 Å². The number of rotatable bonds is 5. The molecule has 7 nitrogen and oxygen atoms in total. The monoisotopic (exact) mass is 275 g/mol. The molecule has 20 heavy (non-hydrogen) atoms. The van der Waals surface area contributed by atoms with E-state index in [0.717, 1.165) is 0 Å². The summed E-state index contributed by atoms with van der Waals surface area (Å²) in [6.45, 7) is 0.173. The molecule has 104 valence electrons. The van der Waals surface area contributed by atoms with Gasteiger partial charge in [0, 0.05) is 7.05 Å². The minimum Gasteiger partial charge on any atom is -0.467 e. The van der Waals surface area contributed by atoms with Crippen molar-refractivity contribution >= 4 is 17.3 Å². The number of nitro benzene ring substituents is 1. The van der Waals surface area contributed by atoms with E-state index in [9.17, 15) is 14.9 Å². The Morgan fingerprint density at radius 2 is 2.15 bits per heavy atom. The van der Waals surface area contributed by atoms with Crippen LogP contribution >= 0.6 is 0 Å². The number of anilines is 1. The van der Waals surface area contributed by atoms with Gasteiger partial charge in [0.15, 0.2) is 0 Å². The quantitative estimate of drug-likeness (QED) is 0.643. The Morgan fingerprint density at radius 3 is 2.75 bits per heavy atom. The van der Waals surface area contributed by atoms with Gasteiger partial charge in [-0.15, -0.1) is 0 Å². The number of carbonyl (C=O) groups is 1. The molecule has 2 aromatic rings. The van der Waals surface area contributed by atoms with Gasteiger partial charge in [-0.3, -0.25) is 14.9 Å². The zero-order valence-electron chi connectivity index (χ0n) is 10.8. The van der Waals surface area contributed by atoms with E-state index in [1.807, 2.05) is 0 Å². The molecule has 0 unspecified atom stereocenters. The van der Waals surface area contributed by atoms with Crippen LogP contribution in [0.2, 0.25) is 0 Å². The molecular weight excluding hydrogens is 262 g/mol. The first-order valence-electron chi connectivity index (χ1n) is 5.89. The normalized spacial score (nSPS) is 10.1. The molecule has 1 aromatic carbocycles. The SMILES string of the molecule is CNc1cccc(C(=O)NCc2ccco2)c1[N+](=O)[O-]. The molecule has 0 bridgehead atoms. The minimum atomic E-state index is -0.576. The number of nitrogens with one attached hydrogen (secondary N) is 2. The summed E-state index contributed by atoms with van der Waals surface area (Å²) in [5.41, 5.74) is 0.0565. The van der Waals surface area contributed by atoms with E-state index in [-0.39, 0.29) is 17.8 Å². The van der Waals surface area contributed by atoms with Gasteiger partial charge in [0.25, 0.3) is 5.91 Å². The summed E-state index contributed by atoms with van der Waals surface area (Å²) in [6.07, 6.45) is 1.49. The minimum absolute atomic E-state index is 0.00778. The number of hydrogen-bond donors (Lipinski definition) is 2. The highest BCUT2D eigenvalue weighted by Gasteiger charge is 2.23. The molecule has 0 aliphatic rings. The number of para-hydroxylation sites is 1. The van der Waals surface area contributed by atoms with Crippen molar-refractivity contribution in [3.63, 3.8) is 0 Å². The van der Waals surface area contributed by atoms with Gasteiger partial charge >= 0.3 is 5.69 Å². The van der Waals surface area contributed by atoms with Crippen molar-refractivity contribution in [3.8, 4) is 0 Å². The zero-order valence-corrected chi connectivity index (χ0v) is 10.8. The third kappa shape index (κ3) is 2.77. The van der Waals surface area contributed by atoms with Crippen molar-refractivity contribution in [2.75, 3.05) is 12.4 Å². The lowest BCUT2D eigenvalue weighted by atomic mass is 10.1. The molecule has 0 saturated heterocycles. The second-order valence-electron chi connectivity index (χ2n) is 3.97. The molecule has 1 amide bonds. The van der Waals surface area contributed by atoms with Crippen LogP contribution in [0.5, 0.6) is 0 Å². The second kappa shape index (κ2) is 5.87. The molecular formula is C13H13N3O4. The number of carbonyl (C=O) groups excluding carboxylic acids is 1. The molecule has 0 spiro atoms. The van der Waals surface area contributed by atoms with Gasteiger partial charge < -0.3 is 15.1 Å². The maximum Gasteiger partial charge on any atom is 0.305 e. The molecule has 7 heteroatoms. The molecule has 0 aliphatic carbocycles. The number of nitro groups is 1. The van der Waals surface area contributed by atoms with Gasteiger partial charge in [0.05, 0.1) is 17.7 Å². The van der Waals surface area contributed by atoms with Gasteiger partial charge in [-0.2, -0.15) is 0 Å². The number of furan rings is 1. The van der Waals surface area contributed by atoms with E-state index in [0.29, 0.717) is 11.4 Å². The number of nitrogens with zero attached hydrogens (tertiary/aromatic N) is 1. The summed E-state index contributed by atoms with van der Waals surface area (Å²) >= 11 is 0. The van der Waals surface area contributed by atoms with Crippen LogP contribution in [0.1, 0.15) is 16.1 Å². The molecule has 0 radical (unpaired) electrons. The largest absolute Gasteiger partial charge is 0.467 e. The molecule has 2 N–H and O–H groups in total. The van der Waals surface area contributed by atoms with Crippen LogP contribution in [0, 0.1) is 10.1 Å². The zero-order chi connectivity index (χ0) is 14.5. The maximum atomic E-state index is 12.0. The van der Waals surface area contributed by atoms with Crippen LogP contribution in [-0.2, 0) is 6.54 Å². The van der Waals surface area contributed by atoms with Gasteiger partial charge in [-0.1, -0.05) is 6.07 Å². The first kappa shape index (κ1) is 13.6. The Hall–Kier alpha value is -2.83. The maximum absolute atomic E-state index is 12.0. The number of benzene rings is 1. The van der Waals surface area contributed by atoms with E-state index < -0.39 is 10.8 Å². The van der Waals surface area contributed by atoms with Crippen LogP contribution in [0.15, 0.2) is 41.0 Å². The summed E-state index contributed by atoms with van der Waals surface area (Å²) in [4.78, 5) is 22.6. The molecule has 1 heterocycles. The summed E-state index contributed by atoms with van der Waals surface area (Å²) in [6, 6.07) is 7.95. The van der Waals surface area contributed by atoms with E-state index in [1.54, 1.807) is 31.3 Å². The molecule has 2 rings (SSSR count). The van der Waals surface area contributed by atoms with Crippen LogP contribution < -0.4 is 10.6 Å². The first-order chi connectivity index (χ1) is 9.63. The topological polar surface area (TPSA) is 97.4 Å². The fraction of sp³-hybridized carbons (Fsp3) is 0.154. The summed E-state index contributed by atoms with van der Waals surface area (Å²) in [5.74, 6) is 0.0518. The fourth-order valence-electron chi connectivity index (χ4n) is 1.80. The van der Waals surface area contributed by atoms with Crippen molar-refractivity contribution in [2.24, 2.45) is 0 Å². The lowest BCUT2D eigenvalue weighted by Gasteiger charge is -2.07. The average Bonchev–Trinajstić information content (AvgIpc) is 2.96. The Labute approximate surface area is 114 Å². The highest BCUT2D eigenvalue weighted by Crippen LogP contribution is 2.28. The van der Waals surface area contributed by atoms with Crippen LogP contribution in [0.4, 0.5) is 11.4 Å². The number of hydrogen-bond acceptors (Lipinski definition) is 5. The van der Waals surface area contributed by atoms with Crippen molar-refractivity contribution in [1.29, 1.82) is 0 Å². The Morgan fingerprint density at radius 1 is 1.35 bits per heavy atom.